The highest BCUT2D eigenvalue weighted by atomic mass is 15.0. The lowest BCUT2D eigenvalue weighted by Crippen LogP contribution is -2.16. The van der Waals surface area contributed by atoms with Crippen LogP contribution < -0.4 is 0 Å². The average molecular weight is 765 g/mol. The van der Waals surface area contributed by atoms with Gasteiger partial charge < -0.3 is 9.13 Å². The van der Waals surface area contributed by atoms with E-state index in [1.54, 1.807) is 0 Å². The molecule has 0 saturated carbocycles. The van der Waals surface area contributed by atoms with Gasteiger partial charge in [-0.15, -0.1) is 0 Å². The molecule has 0 unspecified atom stereocenters. The van der Waals surface area contributed by atoms with Crippen molar-refractivity contribution in [1.82, 2.24) is 9.13 Å². The third-order valence-electron chi connectivity index (χ3n) is 14.8. The molecule has 2 aliphatic rings. The van der Waals surface area contributed by atoms with Gasteiger partial charge in [0.25, 0.3) is 0 Å². The van der Waals surface area contributed by atoms with Gasteiger partial charge in [0.1, 0.15) is 0 Å². The fourth-order valence-electron chi connectivity index (χ4n) is 11.9. The maximum Gasteiger partial charge on any atom is 0.0547 e. The lowest BCUT2D eigenvalue weighted by molar-refractivity contribution is 0.659. The predicted molar refractivity (Wildman–Crippen MR) is 253 cm³/mol. The molecule has 0 bridgehead atoms. The Bertz CT molecular complexity index is 3440. The van der Waals surface area contributed by atoms with Crippen LogP contribution in [0.3, 0.4) is 0 Å². The van der Waals surface area contributed by atoms with Crippen molar-refractivity contribution in [2.45, 2.75) is 38.5 Å². The first-order valence-electron chi connectivity index (χ1n) is 21.3. The normalized spacial score (nSPS) is 14.9. The van der Waals surface area contributed by atoms with Crippen molar-refractivity contribution in [3.05, 3.63) is 192 Å². The summed E-state index contributed by atoms with van der Waals surface area (Å²) in [5.74, 6) is 0. The summed E-state index contributed by atoms with van der Waals surface area (Å²) in [5, 5.41) is 10.6. The van der Waals surface area contributed by atoms with E-state index in [0.29, 0.717) is 0 Å². The van der Waals surface area contributed by atoms with E-state index in [2.05, 4.69) is 207 Å². The van der Waals surface area contributed by atoms with Gasteiger partial charge in [-0.1, -0.05) is 137 Å². The van der Waals surface area contributed by atoms with Gasteiger partial charge in [0, 0.05) is 43.7 Å². The summed E-state index contributed by atoms with van der Waals surface area (Å²) in [6, 6.07) is 64.6. The number of hydrogen-bond donors (Lipinski definition) is 0. The minimum Gasteiger partial charge on any atom is -0.309 e. The van der Waals surface area contributed by atoms with Gasteiger partial charge in [0.2, 0.25) is 0 Å². The first-order valence-corrected chi connectivity index (χ1v) is 21.3. The third-order valence-corrected chi connectivity index (χ3v) is 14.8. The maximum atomic E-state index is 2.48. The first kappa shape index (κ1) is 32.8. The minimum atomic E-state index is -0.159. The van der Waals surface area contributed by atoms with Crippen LogP contribution in [-0.4, -0.2) is 9.13 Å². The molecule has 60 heavy (non-hydrogen) atoms. The van der Waals surface area contributed by atoms with Crippen LogP contribution in [0.15, 0.2) is 170 Å². The molecule has 12 aromatic rings. The first-order chi connectivity index (χ1) is 29.3. The van der Waals surface area contributed by atoms with Gasteiger partial charge in [0.05, 0.1) is 22.1 Å². The van der Waals surface area contributed by atoms with Crippen LogP contribution in [0.1, 0.15) is 49.9 Å². The molecule has 2 aliphatic carbocycles. The summed E-state index contributed by atoms with van der Waals surface area (Å²) in [6.07, 6.45) is 0. The van der Waals surface area contributed by atoms with Gasteiger partial charge in [-0.3, -0.25) is 0 Å². The molecular weight excluding hydrogens is 725 g/mol. The van der Waals surface area contributed by atoms with Crippen molar-refractivity contribution >= 4 is 65.2 Å². The number of nitrogens with zero attached hydrogens (tertiary/aromatic N) is 2. The SMILES string of the molecule is CC1(C)c2cc(-c3ccc4c(c3)C(C)(C)c3cc(-n5c6cccc7ccc8cccc5c8c76)ccc3-4)ccc2-c2ccc(-n3c4cccc5ccc6cccc3c6c54)cc21. The van der Waals surface area contributed by atoms with E-state index in [0.717, 1.165) is 0 Å². The number of aromatic nitrogens is 2. The Kier molecular flexibility index (Phi) is 5.95. The molecule has 0 spiro atoms. The van der Waals surface area contributed by atoms with Crippen LogP contribution in [0, 0.1) is 0 Å². The Labute approximate surface area is 348 Å². The second-order valence-electron chi connectivity index (χ2n) is 18.5. The summed E-state index contributed by atoms with van der Waals surface area (Å²) in [6.45, 7) is 9.63. The van der Waals surface area contributed by atoms with Gasteiger partial charge in [0.15, 0.2) is 0 Å². The summed E-state index contributed by atoms with van der Waals surface area (Å²) < 4.78 is 4.96. The minimum absolute atomic E-state index is 0.159. The molecule has 0 fully saturated rings. The fourth-order valence-corrected chi connectivity index (χ4v) is 11.9. The third kappa shape index (κ3) is 3.95. The zero-order chi connectivity index (χ0) is 39.8. The molecule has 2 nitrogen and oxygen atoms in total. The number of benzene rings is 10. The Morgan fingerprint density at radius 1 is 0.300 bits per heavy atom. The van der Waals surface area contributed by atoms with E-state index in [-0.39, 0.29) is 10.8 Å². The van der Waals surface area contributed by atoms with Crippen LogP contribution in [0.5, 0.6) is 0 Å². The van der Waals surface area contributed by atoms with E-state index in [9.17, 15) is 0 Å². The molecule has 10 aromatic carbocycles. The molecule has 0 N–H and O–H groups in total. The molecule has 0 atom stereocenters. The molecule has 0 amide bonds. The Balaban J connectivity index is 0.852. The highest BCUT2D eigenvalue weighted by molar-refractivity contribution is 6.25. The Morgan fingerprint density at radius 3 is 0.933 bits per heavy atom. The van der Waals surface area contributed by atoms with Crippen molar-refractivity contribution < 1.29 is 0 Å². The summed E-state index contributed by atoms with van der Waals surface area (Å²) in [5.41, 5.74) is 20.7. The maximum absolute atomic E-state index is 2.48. The van der Waals surface area contributed by atoms with Crippen molar-refractivity contribution in [3.8, 4) is 44.8 Å². The fraction of sp³-hybridized carbons (Fsp3) is 0.103. The molecule has 2 heteroatoms. The van der Waals surface area contributed by atoms with Crippen LogP contribution in [-0.2, 0) is 10.8 Å². The zero-order valence-corrected chi connectivity index (χ0v) is 34.1. The molecule has 2 aromatic heterocycles. The van der Waals surface area contributed by atoms with E-state index in [4.69, 9.17) is 0 Å². The van der Waals surface area contributed by atoms with Crippen molar-refractivity contribution in [3.63, 3.8) is 0 Å². The van der Waals surface area contributed by atoms with E-state index < -0.39 is 0 Å². The van der Waals surface area contributed by atoms with Gasteiger partial charge in [-0.25, -0.2) is 0 Å². The van der Waals surface area contributed by atoms with Crippen molar-refractivity contribution in [2.24, 2.45) is 0 Å². The zero-order valence-electron chi connectivity index (χ0n) is 34.1. The Morgan fingerprint density at radius 2 is 0.600 bits per heavy atom. The van der Waals surface area contributed by atoms with E-state index in [1.807, 2.05) is 0 Å². The second kappa shape index (κ2) is 10.9. The average Bonchev–Trinajstić information content (AvgIpc) is 3.94. The van der Waals surface area contributed by atoms with E-state index in [1.165, 1.54) is 132 Å². The molecule has 282 valence electrons. The highest BCUT2D eigenvalue weighted by Crippen LogP contribution is 2.53. The number of fused-ring (bicyclic) bond motifs is 6. The molecule has 0 aliphatic heterocycles. The quantitative estimate of drug-likeness (QED) is 0.159. The lowest BCUT2D eigenvalue weighted by Gasteiger charge is -2.24. The van der Waals surface area contributed by atoms with Gasteiger partial charge in [-0.2, -0.15) is 0 Å². The summed E-state index contributed by atoms with van der Waals surface area (Å²) in [7, 11) is 0. The molecule has 0 radical (unpaired) electrons. The largest absolute Gasteiger partial charge is 0.309 e. The summed E-state index contributed by atoms with van der Waals surface area (Å²) >= 11 is 0. The molecule has 14 rings (SSSR count). The molecule has 2 heterocycles. The topological polar surface area (TPSA) is 9.86 Å². The lowest BCUT2D eigenvalue weighted by atomic mass is 9.80. The molecule has 0 saturated heterocycles. The van der Waals surface area contributed by atoms with Crippen LogP contribution >= 0.6 is 0 Å². The molecular formula is C58H40N2. The van der Waals surface area contributed by atoms with Crippen LogP contribution in [0.4, 0.5) is 0 Å². The van der Waals surface area contributed by atoms with Crippen LogP contribution in [0.25, 0.3) is 110 Å². The van der Waals surface area contributed by atoms with E-state index >= 15 is 0 Å². The highest BCUT2D eigenvalue weighted by Gasteiger charge is 2.38. The van der Waals surface area contributed by atoms with Gasteiger partial charge in [-0.05, 0) is 138 Å². The summed E-state index contributed by atoms with van der Waals surface area (Å²) in [4.78, 5) is 0. The van der Waals surface area contributed by atoms with Gasteiger partial charge >= 0.3 is 0 Å². The number of hydrogen-bond acceptors (Lipinski definition) is 0. The standard InChI is InChI=1S/C58H40N2/c1-57(2)45-29-37(21-25-41(45)43-27-23-39(31-47(43)57)59-49-13-5-9-33-17-18-34-10-6-14-50(59)54(34)53(33)49)38-22-26-42-44-28-24-40(32-48(44)58(3,4)46(42)30-38)60-51-15-7-11-35-19-20-36-12-8-16-52(60)56(36)55(35)51/h5-32H,1-4H3. The van der Waals surface area contributed by atoms with Crippen molar-refractivity contribution in [2.75, 3.05) is 0 Å². The predicted octanol–water partition coefficient (Wildman–Crippen LogP) is 15.3. The monoisotopic (exact) mass is 764 g/mol. The van der Waals surface area contributed by atoms with Crippen molar-refractivity contribution in [1.29, 1.82) is 0 Å². The van der Waals surface area contributed by atoms with Crippen LogP contribution in [0.2, 0.25) is 0 Å². The number of rotatable bonds is 3. The second-order valence-corrected chi connectivity index (χ2v) is 18.5. The Hall–Kier alpha value is -7.16. The smallest absolute Gasteiger partial charge is 0.0547 e.